The van der Waals surface area contributed by atoms with Crippen LogP contribution in [-0.4, -0.2) is 48.1 Å². The molecule has 4 N–H and O–H groups in total. The fraction of sp³-hybridized carbons (Fsp3) is 0.174. The van der Waals surface area contributed by atoms with Gasteiger partial charge in [0, 0.05) is 54.1 Å². The highest BCUT2D eigenvalue weighted by Crippen LogP contribution is 2.33. The smallest absolute Gasteiger partial charge is 0.277 e. The molecule has 5 rings (SSSR count). The van der Waals surface area contributed by atoms with Crippen LogP contribution < -0.4 is 15.1 Å². The summed E-state index contributed by atoms with van der Waals surface area (Å²) < 4.78 is 26.8. The van der Waals surface area contributed by atoms with Crippen molar-refractivity contribution >= 4 is 32.8 Å². The molecular formula is C23H22N6O4S. The minimum atomic E-state index is -3.54. The van der Waals surface area contributed by atoms with Gasteiger partial charge in [0.25, 0.3) is 5.91 Å². The highest BCUT2D eigenvalue weighted by molar-refractivity contribution is 7.89. The Labute approximate surface area is 195 Å². The van der Waals surface area contributed by atoms with E-state index in [0.29, 0.717) is 19.0 Å². The maximum Gasteiger partial charge on any atom is 0.277 e. The average molecular weight is 479 g/mol. The highest BCUT2D eigenvalue weighted by Gasteiger charge is 2.23. The molecule has 11 heteroatoms. The third kappa shape index (κ3) is 3.89. The van der Waals surface area contributed by atoms with Gasteiger partial charge < -0.3 is 9.88 Å². The monoisotopic (exact) mass is 478 g/mol. The van der Waals surface area contributed by atoms with Crippen molar-refractivity contribution in [3.05, 3.63) is 71.7 Å². The van der Waals surface area contributed by atoms with Crippen molar-refractivity contribution in [2.24, 2.45) is 0 Å². The summed E-state index contributed by atoms with van der Waals surface area (Å²) in [6, 6.07) is 12.9. The Balaban J connectivity index is 1.48. The molecule has 2 aromatic carbocycles. The molecule has 0 atom stereocenters. The van der Waals surface area contributed by atoms with Gasteiger partial charge in [0.1, 0.15) is 0 Å². The summed E-state index contributed by atoms with van der Waals surface area (Å²) in [4.78, 5) is 25.8. The zero-order valence-corrected chi connectivity index (χ0v) is 19.1. The zero-order valence-electron chi connectivity index (χ0n) is 18.2. The first-order valence-electron chi connectivity index (χ1n) is 10.6. The van der Waals surface area contributed by atoms with Crippen LogP contribution in [0.2, 0.25) is 0 Å². The molecule has 4 aromatic rings. The van der Waals surface area contributed by atoms with Crippen LogP contribution in [0.4, 0.5) is 5.95 Å². The number of hydroxylamine groups is 1. The molecule has 0 aliphatic carbocycles. The van der Waals surface area contributed by atoms with E-state index in [4.69, 9.17) is 5.21 Å². The van der Waals surface area contributed by atoms with E-state index in [1.54, 1.807) is 23.7 Å². The van der Waals surface area contributed by atoms with E-state index in [1.807, 2.05) is 23.1 Å². The summed E-state index contributed by atoms with van der Waals surface area (Å²) in [6.45, 7) is 1.29. The molecule has 0 bridgehead atoms. The molecule has 3 heterocycles. The molecule has 0 saturated heterocycles. The van der Waals surface area contributed by atoms with Crippen LogP contribution >= 0.6 is 0 Å². The van der Waals surface area contributed by atoms with Gasteiger partial charge in [-0.3, -0.25) is 10.0 Å². The minimum Gasteiger partial charge on any atom is -0.358 e. The Morgan fingerprint density at radius 2 is 1.88 bits per heavy atom. The standard InChI is InChI=1S/C23H22N6O4S/c1-24-34(32,33)17-4-2-3-14(9-17)15-5-6-20-18(10-15)19-13-29(8-7-21(19)27-20)23-25-11-16(12-26-23)22(30)28-31/h2-6,9-12,24,27,31H,7-8,13H2,1H3,(H,28,30). The SMILES string of the molecule is CNS(=O)(=O)c1cccc(-c2ccc3[nH]c4c(c3c2)CN(c2ncc(C(=O)NO)cn2)CC4)c1. The molecular weight excluding hydrogens is 456 g/mol. The molecule has 10 nitrogen and oxygen atoms in total. The average Bonchev–Trinajstić information content (AvgIpc) is 3.25. The molecule has 1 aliphatic rings. The minimum absolute atomic E-state index is 0.170. The highest BCUT2D eigenvalue weighted by atomic mass is 32.2. The van der Waals surface area contributed by atoms with Crippen molar-refractivity contribution in [3.8, 4) is 11.1 Å². The largest absolute Gasteiger partial charge is 0.358 e. The summed E-state index contributed by atoms with van der Waals surface area (Å²) in [6.07, 6.45) is 3.53. The zero-order chi connectivity index (χ0) is 23.9. The number of benzene rings is 2. The first-order valence-corrected chi connectivity index (χ1v) is 12.1. The normalized spacial score (nSPS) is 13.6. The van der Waals surface area contributed by atoms with E-state index >= 15 is 0 Å². The van der Waals surface area contributed by atoms with Gasteiger partial charge in [-0.05, 0) is 42.4 Å². The molecule has 1 aliphatic heterocycles. The predicted octanol–water partition coefficient (Wildman–Crippen LogP) is 2.21. The van der Waals surface area contributed by atoms with Gasteiger partial charge >= 0.3 is 0 Å². The fourth-order valence-corrected chi connectivity index (χ4v) is 4.97. The number of H-pyrrole nitrogens is 1. The van der Waals surface area contributed by atoms with Crippen molar-refractivity contribution in [3.63, 3.8) is 0 Å². The molecule has 0 saturated carbocycles. The number of hydrogen-bond donors (Lipinski definition) is 4. The number of sulfonamides is 1. The number of hydrogen-bond acceptors (Lipinski definition) is 7. The van der Waals surface area contributed by atoms with Crippen molar-refractivity contribution in [2.75, 3.05) is 18.5 Å². The number of aromatic amines is 1. The molecule has 174 valence electrons. The Bertz CT molecular complexity index is 1500. The van der Waals surface area contributed by atoms with Crippen LogP contribution in [0.3, 0.4) is 0 Å². The van der Waals surface area contributed by atoms with E-state index in [1.165, 1.54) is 19.4 Å². The number of carbonyl (C=O) groups excluding carboxylic acids is 1. The van der Waals surface area contributed by atoms with E-state index < -0.39 is 15.9 Å². The Kier molecular flexibility index (Phi) is 5.52. The van der Waals surface area contributed by atoms with Crippen molar-refractivity contribution in [1.29, 1.82) is 0 Å². The number of anilines is 1. The second-order valence-electron chi connectivity index (χ2n) is 7.96. The lowest BCUT2D eigenvalue weighted by Crippen LogP contribution is -2.31. The topological polar surface area (TPSA) is 140 Å². The summed E-state index contributed by atoms with van der Waals surface area (Å²) in [7, 11) is -2.15. The summed E-state index contributed by atoms with van der Waals surface area (Å²) in [5.41, 5.74) is 6.74. The molecule has 0 radical (unpaired) electrons. The van der Waals surface area contributed by atoms with Gasteiger partial charge in [-0.15, -0.1) is 0 Å². The van der Waals surface area contributed by atoms with E-state index in [-0.39, 0.29) is 10.5 Å². The van der Waals surface area contributed by atoms with Gasteiger partial charge in [0.2, 0.25) is 16.0 Å². The third-order valence-electron chi connectivity index (χ3n) is 6.01. The number of nitrogens with one attached hydrogen (secondary N) is 3. The fourth-order valence-electron chi connectivity index (χ4n) is 4.19. The number of nitrogens with zero attached hydrogens (tertiary/aromatic N) is 3. The first-order chi connectivity index (χ1) is 16.4. The van der Waals surface area contributed by atoms with Crippen LogP contribution in [0, 0.1) is 0 Å². The van der Waals surface area contributed by atoms with Gasteiger partial charge in [-0.1, -0.05) is 18.2 Å². The van der Waals surface area contributed by atoms with Crippen LogP contribution in [0.1, 0.15) is 21.6 Å². The van der Waals surface area contributed by atoms with Crippen molar-refractivity contribution < 1.29 is 18.4 Å². The van der Waals surface area contributed by atoms with Gasteiger partial charge in [-0.25, -0.2) is 28.6 Å². The van der Waals surface area contributed by atoms with Crippen LogP contribution in [0.25, 0.3) is 22.0 Å². The third-order valence-corrected chi connectivity index (χ3v) is 7.42. The summed E-state index contributed by atoms with van der Waals surface area (Å²) >= 11 is 0. The molecule has 0 fully saturated rings. The lowest BCUT2D eigenvalue weighted by atomic mass is 10.00. The summed E-state index contributed by atoms with van der Waals surface area (Å²) in [5, 5.41) is 9.81. The van der Waals surface area contributed by atoms with Gasteiger partial charge in [-0.2, -0.15) is 0 Å². The summed E-state index contributed by atoms with van der Waals surface area (Å²) in [5.74, 6) is -0.168. The van der Waals surface area contributed by atoms with Crippen LogP contribution in [0.15, 0.2) is 59.8 Å². The maximum absolute atomic E-state index is 12.2. The number of carbonyl (C=O) groups is 1. The van der Waals surface area contributed by atoms with Gasteiger partial charge in [0.15, 0.2) is 0 Å². The number of fused-ring (bicyclic) bond motifs is 3. The molecule has 2 aromatic heterocycles. The molecule has 0 unspecified atom stereocenters. The molecule has 1 amide bonds. The quantitative estimate of drug-likeness (QED) is 0.255. The first kappa shape index (κ1) is 22.0. The van der Waals surface area contributed by atoms with E-state index in [9.17, 15) is 13.2 Å². The van der Waals surface area contributed by atoms with Crippen molar-refractivity contribution in [1.82, 2.24) is 25.2 Å². The lowest BCUT2D eigenvalue weighted by Gasteiger charge is -2.27. The Morgan fingerprint density at radius 1 is 1.12 bits per heavy atom. The number of amides is 1. The molecule has 0 spiro atoms. The van der Waals surface area contributed by atoms with Gasteiger partial charge in [0.05, 0.1) is 10.5 Å². The second kappa shape index (κ2) is 8.52. The maximum atomic E-state index is 12.2. The number of rotatable bonds is 5. The lowest BCUT2D eigenvalue weighted by molar-refractivity contribution is 0.0705. The predicted molar refractivity (Wildman–Crippen MR) is 126 cm³/mol. The van der Waals surface area contributed by atoms with E-state index in [0.717, 1.165) is 39.7 Å². The number of aromatic nitrogens is 3. The van der Waals surface area contributed by atoms with Crippen molar-refractivity contribution in [2.45, 2.75) is 17.9 Å². The van der Waals surface area contributed by atoms with Crippen LogP contribution in [-0.2, 0) is 23.0 Å². The molecule has 34 heavy (non-hydrogen) atoms. The Morgan fingerprint density at radius 3 is 2.62 bits per heavy atom. The van der Waals surface area contributed by atoms with E-state index in [2.05, 4.69) is 25.7 Å². The Hall–Kier alpha value is -3.80. The van der Waals surface area contributed by atoms with Crippen LogP contribution in [0.5, 0.6) is 0 Å². The second-order valence-corrected chi connectivity index (χ2v) is 9.85.